The quantitative estimate of drug-likeness (QED) is 0.905. The standard InChI is InChI=1S/C12H12BrN3O3S/c13-9-4-3-8(20-9)11-14-10(19-15-11)6-16-5-1-2-7(16)12(17)18/h3-4,7H,1-2,5-6H2,(H,17,18)/t7-/m1/s1. The molecule has 6 nitrogen and oxygen atoms in total. The number of thiophene rings is 1. The van der Waals surface area contributed by atoms with Crippen molar-refractivity contribution in [3.05, 3.63) is 21.8 Å². The van der Waals surface area contributed by atoms with E-state index in [0.717, 1.165) is 21.6 Å². The molecular formula is C12H12BrN3O3S. The molecule has 106 valence electrons. The first kappa shape index (κ1) is 13.7. The maximum Gasteiger partial charge on any atom is 0.320 e. The van der Waals surface area contributed by atoms with Crippen LogP contribution in [0.1, 0.15) is 18.7 Å². The van der Waals surface area contributed by atoms with E-state index in [2.05, 4.69) is 26.1 Å². The van der Waals surface area contributed by atoms with Gasteiger partial charge in [0.25, 0.3) is 0 Å². The highest BCUT2D eigenvalue weighted by molar-refractivity contribution is 9.11. The van der Waals surface area contributed by atoms with Crippen LogP contribution in [0.5, 0.6) is 0 Å². The van der Waals surface area contributed by atoms with Gasteiger partial charge in [0, 0.05) is 0 Å². The minimum atomic E-state index is -0.788. The molecule has 1 N–H and O–H groups in total. The van der Waals surface area contributed by atoms with Crippen molar-refractivity contribution in [2.45, 2.75) is 25.4 Å². The second-order valence-corrected chi connectivity index (χ2v) is 7.05. The van der Waals surface area contributed by atoms with Crippen LogP contribution in [0.25, 0.3) is 10.7 Å². The van der Waals surface area contributed by atoms with E-state index in [1.165, 1.54) is 11.3 Å². The lowest BCUT2D eigenvalue weighted by Crippen LogP contribution is -2.35. The average molecular weight is 358 g/mol. The number of hydrogen-bond donors (Lipinski definition) is 1. The molecule has 2 aromatic heterocycles. The first-order valence-electron chi connectivity index (χ1n) is 6.18. The van der Waals surface area contributed by atoms with Gasteiger partial charge in [0.15, 0.2) is 0 Å². The lowest BCUT2D eigenvalue weighted by Gasteiger charge is -2.18. The number of rotatable bonds is 4. The number of aromatic nitrogens is 2. The summed E-state index contributed by atoms with van der Waals surface area (Å²) in [6, 6.07) is 3.40. The normalized spacial score (nSPS) is 19.6. The molecule has 0 aromatic carbocycles. The van der Waals surface area contributed by atoms with Crippen molar-refractivity contribution < 1.29 is 14.4 Å². The fraction of sp³-hybridized carbons (Fsp3) is 0.417. The highest BCUT2D eigenvalue weighted by Crippen LogP contribution is 2.29. The molecule has 1 fully saturated rings. The fourth-order valence-electron chi connectivity index (χ4n) is 2.32. The molecule has 1 saturated heterocycles. The zero-order valence-corrected chi connectivity index (χ0v) is 12.9. The van der Waals surface area contributed by atoms with Crippen LogP contribution in [0, 0.1) is 0 Å². The van der Waals surface area contributed by atoms with Gasteiger partial charge in [0.05, 0.1) is 15.2 Å². The number of hydrogen-bond acceptors (Lipinski definition) is 6. The van der Waals surface area contributed by atoms with E-state index in [4.69, 9.17) is 9.63 Å². The second-order valence-electron chi connectivity index (χ2n) is 4.58. The molecule has 3 heterocycles. The van der Waals surface area contributed by atoms with Gasteiger partial charge >= 0.3 is 5.97 Å². The SMILES string of the molecule is O=C(O)[C@H]1CCCN1Cc1nc(-c2ccc(Br)s2)no1. The van der Waals surface area contributed by atoms with Crippen molar-refractivity contribution in [3.8, 4) is 10.7 Å². The van der Waals surface area contributed by atoms with Crippen molar-refractivity contribution in [1.29, 1.82) is 0 Å². The number of carbonyl (C=O) groups is 1. The third kappa shape index (κ3) is 2.77. The maximum absolute atomic E-state index is 11.1. The van der Waals surface area contributed by atoms with Crippen molar-refractivity contribution in [3.63, 3.8) is 0 Å². The molecule has 1 aliphatic heterocycles. The van der Waals surface area contributed by atoms with Crippen molar-refractivity contribution in [2.75, 3.05) is 6.54 Å². The Bertz CT molecular complexity index is 627. The Balaban J connectivity index is 1.73. The molecule has 2 aromatic rings. The van der Waals surface area contributed by atoms with Crippen LogP contribution >= 0.6 is 27.3 Å². The van der Waals surface area contributed by atoms with Crippen molar-refractivity contribution in [1.82, 2.24) is 15.0 Å². The van der Waals surface area contributed by atoms with Crippen molar-refractivity contribution in [2.24, 2.45) is 0 Å². The van der Waals surface area contributed by atoms with Crippen LogP contribution < -0.4 is 0 Å². The Morgan fingerprint density at radius 2 is 2.45 bits per heavy atom. The third-order valence-electron chi connectivity index (χ3n) is 3.25. The van der Waals surface area contributed by atoms with Gasteiger partial charge in [-0.3, -0.25) is 9.69 Å². The topological polar surface area (TPSA) is 79.5 Å². The van der Waals surface area contributed by atoms with Gasteiger partial charge in [-0.1, -0.05) is 5.16 Å². The Labute approximate surface area is 127 Å². The number of carboxylic acids is 1. The summed E-state index contributed by atoms with van der Waals surface area (Å²) >= 11 is 4.92. The highest BCUT2D eigenvalue weighted by atomic mass is 79.9. The number of carboxylic acid groups (broad SMARTS) is 1. The smallest absolute Gasteiger partial charge is 0.320 e. The molecule has 0 radical (unpaired) electrons. The Kier molecular flexibility index (Phi) is 3.86. The summed E-state index contributed by atoms with van der Waals surface area (Å²) in [5.74, 6) is 0.212. The van der Waals surface area contributed by atoms with E-state index >= 15 is 0 Å². The molecule has 1 atom stereocenters. The molecule has 3 rings (SSSR count). The molecule has 0 saturated carbocycles. The predicted molar refractivity (Wildman–Crippen MR) is 76.4 cm³/mol. The van der Waals surface area contributed by atoms with Gasteiger partial charge in [-0.25, -0.2) is 0 Å². The van der Waals surface area contributed by atoms with E-state index in [9.17, 15) is 4.79 Å². The van der Waals surface area contributed by atoms with E-state index in [1.54, 1.807) is 0 Å². The Hall–Kier alpha value is -1.25. The zero-order chi connectivity index (χ0) is 14.1. The van der Waals surface area contributed by atoms with Gasteiger partial charge in [0.2, 0.25) is 11.7 Å². The second kappa shape index (κ2) is 5.63. The highest BCUT2D eigenvalue weighted by Gasteiger charge is 2.31. The fourth-order valence-corrected chi connectivity index (χ4v) is 3.63. The Morgan fingerprint density at radius 3 is 3.15 bits per heavy atom. The third-order valence-corrected chi connectivity index (χ3v) is 4.87. The average Bonchev–Trinajstić information content (AvgIpc) is 3.09. The van der Waals surface area contributed by atoms with Gasteiger partial charge < -0.3 is 9.63 Å². The molecule has 0 unspecified atom stereocenters. The van der Waals surface area contributed by atoms with E-state index in [0.29, 0.717) is 24.7 Å². The monoisotopic (exact) mass is 357 g/mol. The largest absolute Gasteiger partial charge is 0.480 e. The Morgan fingerprint density at radius 1 is 1.60 bits per heavy atom. The molecule has 0 bridgehead atoms. The van der Waals surface area contributed by atoms with Gasteiger partial charge in [-0.2, -0.15) is 4.98 Å². The van der Waals surface area contributed by atoms with Gasteiger partial charge in [0.1, 0.15) is 6.04 Å². The van der Waals surface area contributed by atoms with Gasteiger partial charge in [-0.05, 0) is 47.4 Å². The zero-order valence-electron chi connectivity index (χ0n) is 10.5. The summed E-state index contributed by atoms with van der Waals surface area (Å²) in [5.41, 5.74) is 0. The van der Waals surface area contributed by atoms with Crippen LogP contribution in [0.2, 0.25) is 0 Å². The van der Waals surface area contributed by atoms with Crippen LogP contribution in [0.15, 0.2) is 20.4 Å². The van der Waals surface area contributed by atoms with E-state index in [-0.39, 0.29) is 0 Å². The number of likely N-dealkylation sites (tertiary alicyclic amines) is 1. The first-order chi connectivity index (χ1) is 9.63. The number of nitrogens with zero attached hydrogens (tertiary/aromatic N) is 3. The van der Waals surface area contributed by atoms with E-state index < -0.39 is 12.0 Å². The molecule has 0 spiro atoms. The lowest BCUT2D eigenvalue weighted by molar-refractivity contribution is -0.142. The predicted octanol–water partition coefficient (Wildman–Crippen LogP) is 2.61. The van der Waals surface area contributed by atoms with E-state index in [1.807, 2.05) is 17.0 Å². The number of aliphatic carboxylic acids is 1. The minimum absolute atomic E-state index is 0.385. The van der Waals surface area contributed by atoms with Crippen LogP contribution in [-0.4, -0.2) is 38.7 Å². The summed E-state index contributed by atoms with van der Waals surface area (Å²) in [5, 5.41) is 13.1. The molecule has 0 aliphatic carbocycles. The van der Waals surface area contributed by atoms with Crippen molar-refractivity contribution >= 4 is 33.2 Å². The number of halogens is 1. The van der Waals surface area contributed by atoms with Gasteiger partial charge in [-0.15, -0.1) is 11.3 Å². The maximum atomic E-state index is 11.1. The first-order valence-corrected chi connectivity index (χ1v) is 7.79. The molecular weight excluding hydrogens is 346 g/mol. The summed E-state index contributed by atoms with van der Waals surface area (Å²) in [7, 11) is 0. The minimum Gasteiger partial charge on any atom is -0.480 e. The van der Waals surface area contributed by atoms with Crippen LogP contribution in [0.3, 0.4) is 0 Å². The summed E-state index contributed by atoms with van der Waals surface area (Å²) in [6.45, 7) is 1.13. The lowest BCUT2D eigenvalue weighted by atomic mass is 10.2. The molecule has 0 amide bonds. The summed E-state index contributed by atoms with van der Waals surface area (Å²) in [6.07, 6.45) is 1.56. The molecule has 8 heteroatoms. The summed E-state index contributed by atoms with van der Waals surface area (Å²) in [4.78, 5) is 18.2. The van der Waals surface area contributed by atoms with Crippen LogP contribution in [-0.2, 0) is 11.3 Å². The summed E-state index contributed by atoms with van der Waals surface area (Å²) < 4.78 is 6.22. The van der Waals surface area contributed by atoms with Crippen LogP contribution in [0.4, 0.5) is 0 Å². The molecule has 20 heavy (non-hydrogen) atoms. The molecule has 1 aliphatic rings.